The van der Waals surface area contributed by atoms with Gasteiger partial charge in [0.1, 0.15) is 11.6 Å². The summed E-state index contributed by atoms with van der Waals surface area (Å²) in [4.78, 5) is 13.8. The lowest BCUT2D eigenvalue weighted by Gasteiger charge is -2.20. The summed E-state index contributed by atoms with van der Waals surface area (Å²) in [5.74, 6) is -1.22. The van der Waals surface area contributed by atoms with E-state index in [1.54, 1.807) is 4.90 Å². The molecule has 1 heterocycles. The summed E-state index contributed by atoms with van der Waals surface area (Å²) in [6, 6.07) is 2.10. The smallest absolute Gasteiger partial charge is 0.241 e. The van der Waals surface area contributed by atoms with Crippen molar-refractivity contribution >= 4 is 27.5 Å². The molecule has 1 amide bonds. The van der Waals surface area contributed by atoms with Crippen molar-refractivity contribution < 1.29 is 13.6 Å². The van der Waals surface area contributed by atoms with Crippen molar-refractivity contribution in [3.05, 3.63) is 28.2 Å². The van der Waals surface area contributed by atoms with Crippen LogP contribution in [0.3, 0.4) is 0 Å². The summed E-state index contributed by atoms with van der Waals surface area (Å²) in [5.41, 5.74) is 0.00821. The summed E-state index contributed by atoms with van der Waals surface area (Å²) in [7, 11) is 0. The Morgan fingerprint density at radius 3 is 2.45 bits per heavy atom. The number of anilines is 1. The van der Waals surface area contributed by atoms with Crippen molar-refractivity contribution in [1.29, 1.82) is 0 Å². The predicted molar refractivity (Wildman–Crippen MR) is 77.6 cm³/mol. The minimum Gasteiger partial charge on any atom is -0.374 e. The van der Waals surface area contributed by atoms with Crippen LogP contribution in [0.5, 0.6) is 0 Å². The topological polar surface area (TPSA) is 32.3 Å². The Balaban J connectivity index is 1.94. The molecule has 1 aromatic carbocycles. The second-order valence-electron chi connectivity index (χ2n) is 4.89. The molecule has 2 rings (SSSR count). The number of halogens is 3. The molecule has 110 valence electrons. The molecular weight excluding hydrogens is 330 g/mol. The van der Waals surface area contributed by atoms with E-state index in [1.807, 2.05) is 0 Å². The van der Waals surface area contributed by atoms with Gasteiger partial charge in [-0.3, -0.25) is 4.79 Å². The molecule has 6 heteroatoms. The number of hydrogen-bond donors (Lipinski definition) is 1. The van der Waals surface area contributed by atoms with Crippen molar-refractivity contribution in [3.8, 4) is 0 Å². The van der Waals surface area contributed by atoms with Gasteiger partial charge in [0.25, 0.3) is 0 Å². The zero-order valence-corrected chi connectivity index (χ0v) is 12.7. The summed E-state index contributed by atoms with van der Waals surface area (Å²) >= 11 is 2.91. The van der Waals surface area contributed by atoms with E-state index >= 15 is 0 Å². The quantitative estimate of drug-likeness (QED) is 0.849. The van der Waals surface area contributed by atoms with E-state index in [0.29, 0.717) is 0 Å². The van der Waals surface area contributed by atoms with Gasteiger partial charge in [0.15, 0.2) is 0 Å². The molecule has 1 aliphatic heterocycles. The SMILES string of the molecule is O=C(CNc1cc(F)c(Br)cc1F)N1CCCCCC1. The molecule has 3 nitrogen and oxygen atoms in total. The number of nitrogens with one attached hydrogen (secondary N) is 1. The molecule has 0 atom stereocenters. The molecule has 0 saturated carbocycles. The molecule has 1 saturated heterocycles. The lowest BCUT2D eigenvalue weighted by Crippen LogP contribution is -2.36. The average molecular weight is 347 g/mol. The van der Waals surface area contributed by atoms with E-state index in [-0.39, 0.29) is 22.6 Å². The van der Waals surface area contributed by atoms with Crippen LogP contribution in [-0.2, 0) is 4.79 Å². The highest BCUT2D eigenvalue weighted by atomic mass is 79.9. The number of benzene rings is 1. The first-order valence-electron chi connectivity index (χ1n) is 6.74. The van der Waals surface area contributed by atoms with Gasteiger partial charge < -0.3 is 10.2 Å². The van der Waals surface area contributed by atoms with Crippen LogP contribution in [0, 0.1) is 11.6 Å². The Bertz CT molecular complexity index is 488. The monoisotopic (exact) mass is 346 g/mol. The number of likely N-dealkylation sites (tertiary alicyclic amines) is 1. The van der Waals surface area contributed by atoms with E-state index in [1.165, 1.54) is 0 Å². The zero-order valence-electron chi connectivity index (χ0n) is 11.1. The fraction of sp³-hybridized carbons (Fsp3) is 0.500. The van der Waals surface area contributed by atoms with Gasteiger partial charge in [-0.2, -0.15) is 0 Å². The van der Waals surface area contributed by atoms with E-state index in [9.17, 15) is 13.6 Å². The Hall–Kier alpha value is -1.17. The highest BCUT2D eigenvalue weighted by Crippen LogP contribution is 2.23. The third-order valence-corrected chi connectivity index (χ3v) is 4.01. The molecule has 0 unspecified atom stereocenters. The van der Waals surface area contributed by atoms with Gasteiger partial charge in [-0.05, 0) is 34.8 Å². The first kappa shape index (κ1) is 15.2. The lowest BCUT2D eigenvalue weighted by atomic mass is 10.2. The number of carbonyl (C=O) groups is 1. The summed E-state index contributed by atoms with van der Waals surface area (Å²) in [6.45, 7) is 1.48. The van der Waals surface area contributed by atoms with Crippen LogP contribution in [0.1, 0.15) is 25.7 Å². The maximum atomic E-state index is 13.6. The fourth-order valence-corrected chi connectivity index (χ4v) is 2.58. The van der Waals surface area contributed by atoms with Gasteiger partial charge >= 0.3 is 0 Å². The Kier molecular flexibility index (Phi) is 5.34. The number of carbonyl (C=O) groups excluding carboxylic acids is 1. The molecule has 1 fully saturated rings. The predicted octanol–water partition coefficient (Wildman–Crippen LogP) is 3.54. The van der Waals surface area contributed by atoms with E-state index in [2.05, 4.69) is 21.2 Å². The minimum absolute atomic E-state index is 0.00821. The maximum absolute atomic E-state index is 13.6. The van der Waals surface area contributed by atoms with E-state index in [4.69, 9.17) is 0 Å². The van der Waals surface area contributed by atoms with Crippen LogP contribution in [0.15, 0.2) is 16.6 Å². The largest absolute Gasteiger partial charge is 0.374 e. The lowest BCUT2D eigenvalue weighted by molar-refractivity contribution is -0.129. The molecule has 0 aliphatic carbocycles. The van der Waals surface area contributed by atoms with E-state index < -0.39 is 11.6 Å². The normalized spacial score (nSPS) is 15.8. The Morgan fingerprint density at radius 2 is 1.80 bits per heavy atom. The van der Waals surface area contributed by atoms with Crippen LogP contribution in [-0.4, -0.2) is 30.4 Å². The standard InChI is InChI=1S/C14H17BrF2N2O/c15-10-7-12(17)13(8-11(10)16)18-9-14(20)19-5-3-1-2-4-6-19/h7-8,18H,1-6,9H2. The van der Waals surface area contributed by atoms with Crippen LogP contribution in [0.4, 0.5) is 14.5 Å². The molecular formula is C14H17BrF2N2O. The molecule has 0 radical (unpaired) electrons. The van der Waals surface area contributed by atoms with Crippen molar-refractivity contribution in [2.24, 2.45) is 0 Å². The molecule has 1 N–H and O–H groups in total. The number of amides is 1. The van der Waals surface area contributed by atoms with Gasteiger partial charge in [0.2, 0.25) is 5.91 Å². The molecule has 0 aromatic heterocycles. The van der Waals surface area contributed by atoms with Gasteiger partial charge in [-0.1, -0.05) is 12.8 Å². The molecule has 20 heavy (non-hydrogen) atoms. The fourth-order valence-electron chi connectivity index (χ4n) is 2.26. The van der Waals surface area contributed by atoms with Crippen molar-refractivity contribution in [2.45, 2.75) is 25.7 Å². The van der Waals surface area contributed by atoms with Gasteiger partial charge in [0.05, 0.1) is 16.7 Å². The minimum atomic E-state index is -0.582. The van der Waals surface area contributed by atoms with Crippen molar-refractivity contribution in [2.75, 3.05) is 25.0 Å². The van der Waals surface area contributed by atoms with Crippen LogP contribution in [0.25, 0.3) is 0 Å². The van der Waals surface area contributed by atoms with Crippen molar-refractivity contribution in [1.82, 2.24) is 4.90 Å². The van der Waals surface area contributed by atoms with Gasteiger partial charge in [-0.15, -0.1) is 0 Å². The first-order chi connectivity index (χ1) is 9.58. The second-order valence-corrected chi connectivity index (χ2v) is 5.75. The van der Waals surface area contributed by atoms with Crippen LogP contribution >= 0.6 is 15.9 Å². The molecule has 0 bridgehead atoms. The van der Waals surface area contributed by atoms with Gasteiger partial charge in [0, 0.05) is 19.2 Å². The number of hydrogen-bond acceptors (Lipinski definition) is 2. The average Bonchev–Trinajstić information content (AvgIpc) is 2.70. The highest BCUT2D eigenvalue weighted by molar-refractivity contribution is 9.10. The van der Waals surface area contributed by atoms with Gasteiger partial charge in [-0.25, -0.2) is 8.78 Å². The summed E-state index contributed by atoms with van der Waals surface area (Å²) in [6.07, 6.45) is 4.30. The summed E-state index contributed by atoms with van der Waals surface area (Å²) in [5, 5.41) is 2.67. The Morgan fingerprint density at radius 1 is 1.15 bits per heavy atom. The second kappa shape index (κ2) is 7.02. The molecule has 1 aromatic rings. The van der Waals surface area contributed by atoms with Crippen molar-refractivity contribution in [3.63, 3.8) is 0 Å². The third-order valence-electron chi connectivity index (χ3n) is 3.40. The zero-order chi connectivity index (χ0) is 14.5. The van der Waals surface area contributed by atoms with Crippen LogP contribution < -0.4 is 5.32 Å². The Labute approximate surface area is 125 Å². The van der Waals surface area contributed by atoms with Crippen LogP contribution in [0.2, 0.25) is 0 Å². The molecule has 0 spiro atoms. The molecule has 1 aliphatic rings. The summed E-state index contributed by atoms with van der Waals surface area (Å²) < 4.78 is 27.0. The number of rotatable bonds is 3. The highest BCUT2D eigenvalue weighted by Gasteiger charge is 2.16. The van der Waals surface area contributed by atoms with E-state index in [0.717, 1.165) is 50.9 Å². The first-order valence-corrected chi connectivity index (χ1v) is 7.53. The maximum Gasteiger partial charge on any atom is 0.241 e. The third kappa shape index (κ3) is 3.91. The number of nitrogens with zero attached hydrogens (tertiary/aromatic N) is 1.